The molecule has 2 aromatic rings. The Kier molecular flexibility index (Phi) is 2.82. The molecule has 1 aliphatic rings. The number of aromatic amines is 1. The highest BCUT2D eigenvalue weighted by atomic mass is 32.1. The second-order valence-electron chi connectivity index (χ2n) is 4.29. The van der Waals surface area contributed by atoms with E-state index in [0.29, 0.717) is 5.95 Å². The van der Waals surface area contributed by atoms with E-state index in [1.54, 1.807) is 11.3 Å². The molecule has 1 fully saturated rings. The van der Waals surface area contributed by atoms with E-state index in [-0.39, 0.29) is 0 Å². The monoisotopic (exact) mass is 249 g/mol. The summed E-state index contributed by atoms with van der Waals surface area (Å²) in [6.45, 7) is 3.50. The molecule has 3 rings (SSSR count). The van der Waals surface area contributed by atoms with Crippen molar-refractivity contribution in [3.63, 3.8) is 0 Å². The summed E-state index contributed by atoms with van der Waals surface area (Å²) in [6.07, 6.45) is 2.66. The number of hydrogen-bond donors (Lipinski definition) is 2. The van der Waals surface area contributed by atoms with E-state index in [2.05, 4.69) is 32.2 Å². The van der Waals surface area contributed by atoms with Gasteiger partial charge in [-0.2, -0.15) is 4.98 Å². The highest BCUT2D eigenvalue weighted by Gasteiger charge is 2.13. The Morgan fingerprint density at radius 2 is 2.18 bits per heavy atom. The van der Waals surface area contributed by atoms with Gasteiger partial charge >= 0.3 is 0 Å². The number of likely N-dealkylation sites (tertiary alicyclic amines) is 1. The van der Waals surface area contributed by atoms with Crippen LogP contribution in [0.5, 0.6) is 0 Å². The van der Waals surface area contributed by atoms with Crippen molar-refractivity contribution in [2.45, 2.75) is 19.4 Å². The van der Waals surface area contributed by atoms with E-state index in [4.69, 9.17) is 5.73 Å². The van der Waals surface area contributed by atoms with Crippen LogP contribution < -0.4 is 5.73 Å². The van der Waals surface area contributed by atoms with Crippen molar-refractivity contribution < 1.29 is 0 Å². The minimum Gasteiger partial charge on any atom is -0.366 e. The molecule has 5 nitrogen and oxygen atoms in total. The van der Waals surface area contributed by atoms with Crippen molar-refractivity contribution in [1.82, 2.24) is 20.1 Å². The lowest BCUT2D eigenvalue weighted by molar-refractivity contribution is 0.334. The van der Waals surface area contributed by atoms with Crippen molar-refractivity contribution in [3.05, 3.63) is 17.0 Å². The zero-order chi connectivity index (χ0) is 11.7. The predicted octanol–water partition coefficient (Wildman–Crippen LogP) is 1.71. The molecule has 1 aliphatic heterocycles. The summed E-state index contributed by atoms with van der Waals surface area (Å²) in [5, 5.41) is 6.68. The molecule has 90 valence electrons. The number of anilines is 1. The van der Waals surface area contributed by atoms with Crippen molar-refractivity contribution >= 4 is 17.3 Å². The molecule has 0 radical (unpaired) electrons. The van der Waals surface area contributed by atoms with Crippen LogP contribution in [-0.4, -0.2) is 33.2 Å². The van der Waals surface area contributed by atoms with Gasteiger partial charge in [0, 0.05) is 11.4 Å². The Hall–Kier alpha value is -1.40. The largest absolute Gasteiger partial charge is 0.366 e. The van der Waals surface area contributed by atoms with Gasteiger partial charge in [-0.1, -0.05) is 0 Å². The average Bonchev–Trinajstić information content (AvgIpc) is 2.99. The number of thiophene rings is 1. The van der Waals surface area contributed by atoms with Crippen LogP contribution in [-0.2, 0) is 6.54 Å². The molecule has 0 unspecified atom stereocenters. The number of rotatable bonds is 3. The number of nitrogens with one attached hydrogen (secondary N) is 1. The minimum absolute atomic E-state index is 0.300. The highest BCUT2D eigenvalue weighted by molar-refractivity contribution is 7.15. The van der Waals surface area contributed by atoms with Crippen LogP contribution in [0.15, 0.2) is 12.1 Å². The number of H-pyrrole nitrogens is 1. The molecule has 0 spiro atoms. The third-order valence-electron chi connectivity index (χ3n) is 2.98. The SMILES string of the molecule is Nc1n[nH]c(-c2ccc(CN3CCCC3)s2)n1. The fourth-order valence-corrected chi connectivity index (χ4v) is 3.13. The van der Waals surface area contributed by atoms with Crippen LogP contribution in [0.2, 0.25) is 0 Å². The Labute approximate surface area is 104 Å². The molecule has 6 heteroatoms. The Balaban J connectivity index is 1.73. The molecule has 2 aromatic heterocycles. The van der Waals surface area contributed by atoms with Gasteiger partial charge in [-0.05, 0) is 38.1 Å². The molecule has 0 amide bonds. The molecule has 3 N–H and O–H groups in total. The lowest BCUT2D eigenvalue weighted by Crippen LogP contribution is -2.17. The molecule has 0 bridgehead atoms. The van der Waals surface area contributed by atoms with E-state index in [1.165, 1.54) is 30.8 Å². The van der Waals surface area contributed by atoms with Gasteiger partial charge in [0.2, 0.25) is 5.95 Å². The van der Waals surface area contributed by atoms with Crippen LogP contribution in [0.3, 0.4) is 0 Å². The molecule has 17 heavy (non-hydrogen) atoms. The maximum absolute atomic E-state index is 5.50. The zero-order valence-electron chi connectivity index (χ0n) is 9.52. The predicted molar refractivity (Wildman–Crippen MR) is 68.6 cm³/mol. The second-order valence-corrected chi connectivity index (χ2v) is 5.46. The molecule has 0 aromatic carbocycles. The summed E-state index contributed by atoms with van der Waals surface area (Å²) in [7, 11) is 0. The Bertz CT molecular complexity index is 497. The first-order valence-electron chi connectivity index (χ1n) is 5.80. The summed E-state index contributed by atoms with van der Waals surface area (Å²) in [4.78, 5) is 9.10. The number of nitrogens with two attached hydrogens (primary N) is 1. The smallest absolute Gasteiger partial charge is 0.239 e. The van der Waals surface area contributed by atoms with Gasteiger partial charge in [-0.15, -0.1) is 16.4 Å². The standard InChI is InChI=1S/C11H15N5S/c12-11-13-10(14-15-11)9-4-3-8(17-9)7-16-5-1-2-6-16/h3-4H,1-2,5-7H2,(H3,12,13,14,15). The molecular weight excluding hydrogens is 234 g/mol. The Morgan fingerprint density at radius 3 is 2.88 bits per heavy atom. The zero-order valence-corrected chi connectivity index (χ0v) is 10.3. The van der Waals surface area contributed by atoms with Crippen LogP contribution >= 0.6 is 11.3 Å². The van der Waals surface area contributed by atoms with E-state index in [9.17, 15) is 0 Å². The van der Waals surface area contributed by atoms with E-state index in [0.717, 1.165) is 17.2 Å². The van der Waals surface area contributed by atoms with Crippen molar-refractivity contribution in [3.8, 4) is 10.7 Å². The van der Waals surface area contributed by atoms with Gasteiger partial charge in [0.1, 0.15) is 0 Å². The van der Waals surface area contributed by atoms with Gasteiger partial charge in [0.25, 0.3) is 0 Å². The van der Waals surface area contributed by atoms with Crippen LogP contribution in [0, 0.1) is 0 Å². The topological polar surface area (TPSA) is 70.8 Å². The third-order valence-corrected chi connectivity index (χ3v) is 4.05. The van der Waals surface area contributed by atoms with Gasteiger partial charge in [0.05, 0.1) is 4.88 Å². The maximum atomic E-state index is 5.50. The van der Waals surface area contributed by atoms with Crippen molar-refractivity contribution in [1.29, 1.82) is 0 Å². The van der Waals surface area contributed by atoms with Crippen LogP contribution in [0.1, 0.15) is 17.7 Å². The molecule has 0 atom stereocenters. The lowest BCUT2D eigenvalue weighted by Gasteiger charge is -2.12. The van der Waals surface area contributed by atoms with Crippen LogP contribution in [0.4, 0.5) is 5.95 Å². The fourth-order valence-electron chi connectivity index (χ4n) is 2.14. The number of nitrogens with zero attached hydrogens (tertiary/aromatic N) is 3. The second kappa shape index (κ2) is 4.46. The molecule has 1 saturated heterocycles. The van der Waals surface area contributed by atoms with E-state index >= 15 is 0 Å². The first-order valence-corrected chi connectivity index (χ1v) is 6.62. The van der Waals surface area contributed by atoms with Gasteiger partial charge in [-0.3, -0.25) is 10.00 Å². The third kappa shape index (κ3) is 2.32. The highest BCUT2D eigenvalue weighted by Crippen LogP contribution is 2.27. The first kappa shape index (κ1) is 10.7. The number of aromatic nitrogens is 3. The quantitative estimate of drug-likeness (QED) is 0.868. The lowest BCUT2D eigenvalue weighted by atomic mass is 10.4. The normalized spacial score (nSPS) is 16.7. The fraction of sp³-hybridized carbons (Fsp3) is 0.455. The molecular formula is C11H15N5S. The maximum Gasteiger partial charge on any atom is 0.239 e. The van der Waals surface area contributed by atoms with E-state index < -0.39 is 0 Å². The van der Waals surface area contributed by atoms with Gasteiger partial charge < -0.3 is 5.73 Å². The molecule has 3 heterocycles. The summed E-state index contributed by atoms with van der Waals surface area (Å²) in [5.41, 5.74) is 5.50. The number of nitrogen functional groups attached to an aromatic ring is 1. The average molecular weight is 249 g/mol. The Morgan fingerprint density at radius 1 is 1.35 bits per heavy atom. The summed E-state index contributed by atoms with van der Waals surface area (Å²) in [6, 6.07) is 4.24. The number of hydrogen-bond acceptors (Lipinski definition) is 5. The summed E-state index contributed by atoms with van der Waals surface area (Å²) >= 11 is 1.76. The minimum atomic E-state index is 0.300. The molecule has 0 saturated carbocycles. The summed E-state index contributed by atoms with van der Waals surface area (Å²) < 4.78 is 0. The van der Waals surface area contributed by atoms with Crippen molar-refractivity contribution in [2.75, 3.05) is 18.8 Å². The first-order chi connectivity index (χ1) is 8.31. The van der Waals surface area contributed by atoms with Crippen molar-refractivity contribution in [2.24, 2.45) is 0 Å². The molecule has 0 aliphatic carbocycles. The van der Waals surface area contributed by atoms with Crippen LogP contribution in [0.25, 0.3) is 10.7 Å². The van der Waals surface area contributed by atoms with E-state index in [1.807, 2.05) is 0 Å². The van der Waals surface area contributed by atoms with Gasteiger partial charge in [-0.25, -0.2) is 0 Å². The van der Waals surface area contributed by atoms with Gasteiger partial charge in [0.15, 0.2) is 5.82 Å². The summed E-state index contributed by atoms with van der Waals surface area (Å²) in [5.74, 6) is 1.06.